The first-order valence-corrected chi connectivity index (χ1v) is 7.27. The average Bonchev–Trinajstić information content (AvgIpc) is 3.05. The van der Waals surface area contributed by atoms with E-state index in [9.17, 15) is 19.8 Å². The Balaban J connectivity index is 1.79. The molecule has 5 fully saturated rings. The number of fused-ring (bicyclic) bond motifs is 3. The van der Waals surface area contributed by atoms with Crippen LogP contribution in [0.2, 0.25) is 0 Å². The monoisotopic (exact) mass is 296 g/mol. The molecule has 0 unspecified atom stereocenters. The van der Waals surface area contributed by atoms with Crippen molar-refractivity contribution < 1.29 is 34.0 Å². The first-order valence-electron chi connectivity index (χ1n) is 7.27. The highest BCUT2D eigenvalue weighted by Crippen LogP contribution is 2.78. The van der Waals surface area contributed by atoms with Crippen LogP contribution in [0.25, 0.3) is 0 Å². The van der Waals surface area contributed by atoms with Crippen LogP contribution < -0.4 is 0 Å². The Morgan fingerprint density at radius 1 is 1.29 bits per heavy atom. The minimum Gasteiger partial charge on any atom is -0.463 e. The Kier molecular flexibility index (Phi) is 1.75. The molecule has 0 aromatic carbocycles. The summed E-state index contributed by atoms with van der Waals surface area (Å²) in [6.07, 6.45) is -1.21. The topological polar surface area (TPSA) is 106 Å². The molecule has 0 aromatic heterocycles. The highest BCUT2D eigenvalue weighted by atomic mass is 16.6. The van der Waals surface area contributed by atoms with Crippen molar-refractivity contribution in [2.24, 2.45) is 10.8 Å². The van der Waals surface area contributed by atoms with E-state index in [1.807, 2.05) is 0 Å². The largest absolute Gasteiger partial charge is 0.463 e. The zero-order valence-corrected chi connectivity index (χ0v) is 11.5. The molecule has 5 aliphatic rings. The minimum absolute atomic E-state index is 0.0152. The van der Waals surface area contributed by atoms with Gasteiger partial charge in [0.15, 0.2) is 0 Å². The lowest BCUT2D eigenvalue weighted by molar-refractivity contribution is -0.262. The molecule has 7 atom stereocenters. The van der Waals surface area contributed by atoms with Crippen LogP contribution in [0, 0.1) is 10.8 Å². The minimum atomic E-state index is -1.90. The van der Waals surface area contributed by atoms with Crippen molar-refractivity contribution in [1.29, 1.82) is 0 Å². The smallest absolute Gasteiger partial charge is 0.342 e. The molecule has 3 aliphatic heterocycles. The van der Waals surface area contributed by atoms with Crippen LogP contribution in [0.4, 0.5) is 0 Å². The normalized spacial score (nSPS) is 63.3. The number of rotatable bonds is 0. The third kappa shape index (κ3) is 0.902. The molecule has 0 aromatic rings. The lowest BCUT2D eigenvalue weighted by atomic mass is 9.47. The zero-order valence-electron chi connectivity index (χ0n) is 11.5. The number of hydrogen-bond donors (Lipinski definition) is 2. The van der Waals surface area contributed by atoms with E-state index in [2.05, 4.69) is 0 Å². The van der Waals surface area contributed by atoms with Crippen LogP contribution in [-0.4, -0.2) is 58.3 Å². The molecule has 2 bridgehead atoms. The summed E-state index contributed by atoms with van der Waals surface area (Å²) in [5, 5.41) is 21.6. The fourth-order valence-electron chi connectivity index (χ4n) is 5.76. The van der Waals surface area contributed by atoms with Crippen LogP contribution in [0.15, 0.2) is 0 Å². The standard InChI is InChI=1S/C14H16O7/c1-11-5-19-10(17)13(11,18)8-3-12(4-9(16)20-8)6(15)2-7-14(11,12)21-7/h6-8,15,18H,2-5H2,1H3/t6-,7+,8-,11-,12-,13-,14-/m1/s1. The number of esters is 2. The van der Waals surface area contributed by atoms with Gasteiger partial charge in [0.1, 0.15) is 18.3 Å². The van der Waals surface area contributed by atoms with Crippen LogP contribution in [0.5, 0.6) is 0 Å². The van der Waals surface area contributed by atoms with Crippen molar-refractivity contribution in [3.05, 3.63) is 0 Å². The average molecular weight is 296 g/mol. The maximum absolute atomic E-state index is 12.2. The lowest BCUT2D eigenvalue weighted by Crippen LogP contribution is -2.75. The van der Waals surface area contributed by atoms with E-state index in [4.69, 9.17) is 14.2 Å². The van der Waals surface area contributed by atoms with E-state index >= 15 is 0 Å². The first kappa shape index (κ1) is 12.4. The second-order valence-electron chi connectivity index (χ2n) is 7.28. The molecular weight excluding hydrogens is 280 g/mol. The number of ether oxygens (including phenoxy) is 3. The Bertz CT molecular complexity index is 604. The summed E-state index contributed by atoms with van der Waals surface area (Å²) in [5.41, 5.74) is -4.57. The lowest BCUT2D eigenvalue weighted by Gasteiger charge is -2.58. The molecule has 5 rings (SSSR count). The van der Waals surface area contributed by atoms with Crippen molar-refractivity contribution >= 4 is 11.9 Å². The quantitative estimate of drug-likeness (QED) is 0.431. The van der Waals surface area contributed by atoms with E-state index < -0.39 is 46.2 Å². The van der Waals surface area contributed by atoms with Gasteiger partial charge < -0.3 is 24.4 Å². The second kappa shape index (κ2) is 2.98. The fraction of sp³-hybridized carbons (Fsp3) is 0.857. The highest BCUT2D eigenvalue weighted by molar-refractivity contribution is 5.87. The zero-order chi connectivity index (χ0) is 14.8. The van der Waals surface area contributed by atoms with Crippen molar-refractivity contribution in [3.8, 4) is 0 Å². The molecule has 3 heterocycles. The summed E-state index contributed by atoms with van der Waals surface area (Å²) >= 11 is 0. The number of carbonyl (C=O) groups is 2. The van der Waals surface area contributed by atoms with Crippen LogP contribution in [0.1, 0.15) is 26.2 Å². The summed E-state index contributed by atoms with van der Waals surface area (Å²) in [6.45, 7) is 1.76. The predicted octanol–water partition coefficient (Wildman–Crippen LogP) is -1.11. The number of carbonyl (C=O) groups excluding carboxylic acids is 2. The highest BCUT2D eigenvalue weighted by Gasteiger charge is 2.93. The van der Waals surface area contributed by atoms with E-state index in [0.29, 0.717) is 6.42 Å². The maximum atomic E-state index is 12.2. The molecule has 0 radical (unpaired) electrons. The second-order valence-corrected chi connectivity index (χ2v) is 7.28. The Hall–Kier alpha value is -1.18. The summed E-state index contributed by atoms with van der Waals surface area (Å²) in [5.74, 6) is -1.26. The molecule has 2 saturated carbocycles. The molecule has 2 N–H and O–H groups in total. The van der Waals surface area contributed by atoms with Gasteiger partial charge in [-0.2, -0.15) is 0 Å². The molecule has 7 nitrogen and oxygen atoms in total. The van der Waals surface area contributed by atoms with Gasteiger partial charge in [-0.25, -0.2) is 4.79 Å². The van der Waals surface area contributed by atoms with Crippen LogP contribution >= 0.6 is 0 Å². The maximum Gasteiger partial charge on any atom is 0.342 e. The van der Waals surface area contributed by atoms with Gasteiger partial charge in [-0.15, -0.1) is 0 Å². The summed E-state index contributed by atoms with van der Waals surface area (Å²) in [7, 11) is 0. The predicted molar refractivity (Wildman–Crippen MR) is 63.8 cm³/mol. The Morgan fingerprint density at radius 2 is 2.05 bits per heavy atom. The van der Waals surface area contributed by atoms with Gasteiger partial charge in [0.2, 0.25) is 5.60 Å². The van der Waals surface area contributed by atoms with Gasteiger partial charge in [0, 0.05) is 11.8 Å². The van der Waals surface area contributed by atoms with Gasteiger partial charge in [0.05, 0.1) is 24.0 Å². The molecule has 2 spiro atoms. The molecular formula is C14H16O7. The fourth-order valence-corrected chi connectivity index (χ4v) is 5.76. The number of aliphatic hydroxyl groups is 2. The van der Waals surface area contributed by atoms with Crippen LogP contribution in [-0.2, 0) is 23.8 Å². The van der Waals surface area contributed by atoms with Gasteiger partial charge >= 0.3 is 11.9 Å². The summed E-state index contributed by atoms with van der Waals surface area (Å²) in [6, 6.07) is 0. The molecule has 7 heteroatoms. The van der Waals surface area contributed by atoms with Gasteiger partial charge in [-0.3, -0.25) is 4.79 Å². The Morgan fingerprint density at radius 3 is 2.81 bits per heavy atom. The van der Waals surface area contributed by atoms with Crippen molar-refractivity contribution in [2.75, 3.05) is 6.61 Å². The van der Waals surface area contributed by atoms with Crippen molar-refractivity contribution in [1.82, 2.24) is 0 Å². The van der Waals surface area contributed by atoms with E-state index in [1.165, 1.54) is 0 Å². The molecule has 2 aliphatic carbocycles. The molecule has 21 heavy (non-hydrogen) atoms. The summed E-state index contributed by atoms with van der Waals surface area (Å²) < 4.78 is 16.3. The SMILES string of the molecule is C[C@@]12COC(=O)[C@]1(O)[C@H]1C[C@@]3(CC(=O)O1)[C@H](O)C[C@@H]1O[C@@]132. The van der Waals surface area contributed by atoms with Crippen LogP contribution in [0.3, 0.4) is 0 Å². The van der Waals surface area contributed by atoms with Gasteiger partial charge in [-0.1, -0.05) is 0 Å². The molecule has 0 amide bonds. The van der Waals surface area contributed by atoms with Gasteiger partial charge in [0.25, 0.3) is 0 Å². The van der Waals surface area contributed by atoms with E-state index in [1.54, 1.807) is 6.92 Å². The molecule has 114 valence electrons. The summed E-state index contributed by atoms with van der Waals surface area (Å²) in [4.78, 5) is 24.2. The van der Waals surface area contributed by atoms with Crippen molar-refractivity contribution in [3.63, 3.8) is 0 Å². The van der Waals surface area contributed by atoms with E-state index in [0.717, 1.165) is 0 Å². The third-order valence-electron chi connectivity index (χ3n) is 6.75. The number of cyclic esters (lactones) is 1. The molecule has 3 saturated heterocycles. The number of aliphatic hydroxyl groups excluding tert-OH is 1. The van der Waals surface area contributed by atoms with Crippen molar-refractivity contribution in [2.45, 2.75) is 55.7 Å². The Labute approximate surface area is 120 Å². The number of epoxide rings is 1. The first-order chi connectivity index (χ1) is 9.82. The third-order valence-corrected chi connectivity index (χ3v) is 6.75. The van der Waals surface area contributed by atoms with Gasteiger partial charge in [-0.05, 0) is 13.3 Å². The number of hydrogen-bond acceptors (Lipinski definition) is 7. The van der Waals surface area contributed by atoms with E-state index in [-0.39, 0.29) is 25.6 Å².